The van der Waals surface area contributed by atoms with Crippen molar-refractivity contribution in [3.63, 3.8) is 0 Å². The fraction of sp³-hybridized carbons (Fsp3) is 0.968. The van der Waals surface area contributed by atoms with Crippen LogP contribution in [0.3, 0.4) is 0 Å². The van der Waals surface area contributed by atoms with Gasteiger partial charge >= 0.3 is 5.97 Å². The van der Waals surface area contributed by atoms with Gasteiger partial charge < -0.3 is 44.3 Å². The SMILES string of the molecule is CC[C@H]1OC(=O)[C@H](C)[C@@H](OC[C@H]2C[C@@](C)(OC)[C@@H](O)[C@H](C)O2)[C@H](C)C[C@](C)(O)C[C@@H](C)CN(C)[C@H](C)[C@@H](O)[C@]1(C)O. The van der Waals surface area contributed by atoms with E-state index in [1.54, 1.807) is 21.0 Å². The predicted octanol–water partition coefficient (Wildman–Crippen LogP) is 2.52. The second kappa shape index (κ2) is 14.3. The number of hydrogen-bond donors (Lipinski definition) is 4. The van der Waals surface area contributed by atoms with Gasteiger partial charge in [-0.2, -0.15) is 0 Å². The largest absolute Gasteiger partial charge is 0.459 e. The van der Waals surface area contributed by atoms with Gasteiger partial charge in [0.25, 0.3) is 0 Å². The lowest BCUT2D eigenvalue weighted by Gasteiger charge is -2.45. The number of esters is 1. The Bertz CT molecular complexity index is 838. The van der Waals surface area contributed by atoms with E-state index in [9.17, 15) is 25.2 Å². The summed E-state index contributed by atoms with van der Waals surface area (Å²) in [5.74, 6) is -1.40. The number of carbonyl (C=O) groups excluding carboxylic acids is 1. The van der Waals surface area contributed by atoms with Crippen LogP contribution < -0.4 is 0 Å². The Kier molecular flexibility index (Phi) is 12.7. The molecule has 2 saturated heterocycles. The molecule has 0 spiro atoms. The molecule has 0 aromatic carbocycles. The van der Waals surface area contributed by atoms with Gasteiger partial charge in [-0.1, -0.05) is 20.8 Å². The first-order valence-electron chi connectivity index (χ1n) is 15.3. The molecule has 10 nitrogen and oxygen atoms in total. The van der Waals surface area contributed by atoms with Crippen LogP contribution >= 0.6 is 0 Å². The molecule has 0 saturated carbocycles. The summed E-state index contributed by atoms with van der Waals surface area (Å²) in [7, 11) is 3.45. The van der Waals surface area contributed by atoms with E-state index in [4.69, 9.17) is 18.9 Å². The van der Waals surface area contributed by atoms with E-state index in [0.29, 0.717) is 32.2 Å². The molecule has 2 aliphatic heterocycles. The molecule has 13 atom stereocenters. The fourth-order valence-corrected chi connectivity index (χ4v) is 7.10. The van der Waals surface area contributed by atoms with Gasteiger partial charge in [-0.15, -0.1) is 0 Å². The van der Waals surface area contributed by atoms with Crippen molar-refractivity contribution < 1.29 is 44.2 Å². The number of nitrogens with zero attached hydrogens (tertiary/aromatic N) is 1. The first-order valence-corrected chi connectivity index (χ1v) is 15.3. The first kappa shape index (κ1) is 36.3. The number of hydrogen-bond acceptors (Lipinski definition) is 10. The van der Waals surface area contributed by atoms with Crippen molar-refractivity contribution in [1.29, 1.82) is 0 Å². The maximum Gasteiger partial charge on any atom is 0.311 e. The van der Waals surface area contributed by atoms with Gasteiger partial charge in [-0.3, -0.25) is 4.79 Å². The smallest absolute Gasteiger partial charge is 0.311 e. The van der Waals surface area contributed by atoms with Crippen molar-refractivity contribution in [2.45, 2.75) is 147 Å². The molecule has 0 aromatic rings. The molecule has 242 valence electrons. The number of likely N-dealkylation sites (N-methyl/N-ethyl adjacent to an activating group) is 1. The van der Waals surface area contributed by atoms with E-state index in [0.717, 1.165) is 0 Å². The van der Waals surface area contributed by atoms with Crippen molar-refractivity contribution >= 4 is 5.97 Å². The van der Waals surface area contributed by atoms with Crippen LogP contribution in [0.15, 0.2) is 0 Å². The van der Waals surface area contributed by atoms with Gasteiger partial charge in [0.15, 0.2) is 0 Å². The Morgan fingerprint density at radius 2 is 1.61 bits per heavy atom. The number of ether oxygens (including phenoxy) is 4. The van der Waals surface area contributed by atoms with Gasteiger partial charge in [-0.25, -0.2) is 0 Å². The summed E-state index contributed by atoms with van der Waals surface area (Å²) in [4.78, 5) is 15.5. The topological polar surface area (TPSA) is 138 Å². The van der Waals surface area contributed by atoms with Gasteiger partial charge in [-0.05, 0) is 79.7 Å². The third kappa shape index (κ3) is 8.85. The van der Waals surface area contributed by atoms with E-state index in [1.807, 2.05) is 46.6 Å². The quantitative estimate of drug-likeness (QED) is 0.354. The molecular formula is C31H59NO9. The molecular weight excluding hydrogens is 530 g/mol. The van der Waals surface area contributed by atoms with Crippen molar-refractivity contribution in [3.05, 3.63) is 0 Å². The Morgan fingerprint density at radius 3 is 2.17 bits per heavy atom. The van der Waals surface area contributed by atoms with E-state index in [2.05, 4.69) is 6.92 Å². The fourth-order valence-electron chi connectivity index (χ4n) is 7.10. The second-order valence-electron chi connectivity index (χ2n) is 13.9. The van der Waals surface area contributed by atoms with Crippen molar-refractivity contribution in [3.8, 4) is 0 Å². The molecule has 0 amide bonds. The standard InChI is InChI=1S/C31H59NO9/c1-12-24-31(9,37)26(33)21(5)32(10)16-18(2)13-29(7,36)14-19(3)25(20(4)28(35)41-24)39-17-23-15-30(8,38-11)27(34)22(6)40-23/h18-27,33-34,36-37H,12-17H2,1-11H3/t18-,19-,20-,21-,22+,23-,24-,25+,26-,27+,29-,30-,31-/m1/s1. The Labute approximate surface area is 247 Å². The molecule has 2 rings (SSSR count). The van der Waals surface area contributed by atoms with Crippen LogP contribution in [0, 0.1) is 17.8 Å². The molecule has 2 aliphatic rings. The second-order valence-corrected chi connectivity index (χ2v) is 13.9. The highest BCUT2D eigenvalue weighted by atomic mass is 16.6. The van der Waals surface area contributed by atoms with Crippen LogP contribution in [0.25, 0.3) is 0 Å². The molecule has 2 heterocycles. The minimum absolute atomic E-state index is 0.0962. The van der Waals surface area contributed by atoms with Crippen molar-refractivity contribution in [1.82, 2.24) is 4.90 Å². The molecule has 4 N–H and O–H groups in total. The zero-order valence-electron chi connectivity index (χ0n) is 27.3. The van der Waals surface area contributed by atoms with Crippen molar-refractivity contribution in [2.24, 2.45) is 17.8 Å². The molecule has 0 aliphatic carbocycles. The minimum atomic E-state index is -1.69. The summed E-state index contributed by atoms with van der Waals surface area (Å²) in [5, 5.41) is 44.7. The summed E-state index contributed by atoms with van der Waals surface area (Å²) in [5.41, 5.74) is -3.51. The summed E-state index contributed by atoms with van der Waals surface area (Å²) >= 11 is 0. The lowest BCUT2D eigenvalue weighted by atomic mass is 9.80. The molecule has 0 aromatic heterocycles. The van der Waals surface area contributed by atoms with Crippen LogP contribution in [0.2, 0.25) is 0 Å². The lowest BCUT2D eigenvalue weighted by molar-refractivity contribution is -0.229. The number of carbonyl (C=O) groups is 1. The highest BCUT2D eigenvalue weighted by molar-refractivity contribution is 5.73. The minimum Gasteiger partial charge on any atom is -0.459 e. The summed E-state index contributed by atoms with van der Waals surface area (Å²) in [6, 6.07) is -0.420. The van der Waals surface area contributed by atoms with Crippen LogP contribution in [0.4, 0.5) is 0 Å². The average Bonchev–Trinajstić information content (AvgIpc) is 2.87. The number of methoxy groups -OCH3 is 1. The van der Waals surface area contributed by atoms with Gasteiger partial charge in [0, 0.05) is 26.1 Å². The number of rotatable bonds is 5. The molecule has 0 unspecified atom stereocenters. The van der Waals surface area contributed by atoms with E-state index in [-0.39, 0.29) is 24.5 Å². The van der Waals surface area contributed by atoms with Crippen LogP contribution in [0.1, 0.15) is 88.0 Å². The molecule has 10 heteroatoms. The zero-order chi connectivity index (χ0) is 31.5. The van der Waals surface area contributed by atoms with Crippen LogP contribution in [0.5, 0.6) is 0 Å². The summed E-state index contributed by atoms with van der Waals surface area (Å²) < 4.78 is 24.0. The third-order valence-corrected chi connectivity index (χ3v) is 9.66. The summed E-state index contributed by atoms with van der Waals surface area (Å²) in [6.45, 7) is 17.1. The predicted molar refractivity (Wildman–Crippen MR) is 156 cm³/mol. The Hall–Kier alpha value is -0.850. The van der Waals surface area contributed by atoms with Crippen LogP contribution in [-0.2, 0) is 23.7 Å². The highest BCUT2D eigenvalue weighted by Gasteiger charge is 2.47. The van der Waals surface area contributed by atoms with E-state index >= 15 is 0 Å². The summed E-state index contributed by atoms with van der Waals surface area (Å²) in [6.07, 6.45) is -2.73. The lowest BCUT2D eigenvalue weighted by Crippen LogP contribution is -2.59. The monoisotopic (exact) mass is 589 g/mol. The average molecular weight is 590 g/mol. The van der Waals surface area contributed by atoms with Gasteiger partial charge in [0.2, 0.25) is 0 Å². The van der Waals surface area contributed by atoms with Crippen molar-refractivity contribution in [2.75, 3.05) is 27.3 Å². The molecule has 2 fully saturated rings. The van der Waals surface area contributed by atoms with E-state index < -0.39 is 65.3 Å². The maximum absolute atomic E-state index is 13.6. The number of aliphatic hydroxyl groups is 4. The van der Waals surface area contributed by atoms with Gasteiger partial charge in [0.05, 0.1) is 42.0 Å². The highest BCUT2D eigenvalue weighted by Crippen LogP contribution is 2.35. The molecule has 0 bridgehead atoms. The van der Waals surface area contributed by atoms with Gasteiger partial charge in [0.1, 0.15) is 23.9 Å². The van der Waals surface area contributed by atoms with Crippen LogP contribution in [-0.4, -0.2) is 118 Å². The Morgan fingerprint density at radius 1 is 1.00 bits per heavy atom. The third-order valence-electron chi connectivity index (χ3n) is 9.66. The normalized spacial score (nSPS) is 48.2. The van der Waals surface area contributed by atoms with E-state index in [1.165, 1.54) is 6.92 Å². The zero-order valence-corrected chi connectivity index (χ0v) is 27.3. The maximum atomic E-state index is 13.6. The molecule has 0 radical (unpaired) electrons. The molecule has 41 heavy (non-hydrogen) atoms. The number of cyclic esters (lactones) is 1. The first-order chi connectivity index (χ1) is 18.8. The number of aliphatic hydroxyl groups excluding tert-OH is 2. The Balaban J connectivity index is 2.39.